The summed E-state index contributed by atoms with van der Waals surface area (Å²) in [6, 6.07) is 5.45. The van der Waals surface area contributed by atoms with Crippen molar-refractivity contribution in [2.45, 2.75) is 25.4 Å². The molecule has 0 aromatic heterocycles. The highest BCUT2D eigenvalue weighted by Gasteiger charge is 2.25. The summed E-state index contributed by atoms with van der Waals surface area (Å²) < 4.78 is 5.35. The van der Waals surface area contributed by atoms with Crippen LogP contribution in [0, 0.1) is 0 Å². The van der Waals surface area contributed by atoms with E-state index in [1.165, 1.54) is 0 Å². The van der Waals surface area contributed by atoms with E-state index in [4.69, 9.17) is 9.84 Å². The Kier molecular flexibility index (Phi) is 2.73. The number of carbonyl (C=O) groups is 1. The Hall–Kier alpha value is -1.35. The van der Waals surface area contributed by atoms with Gasteiger partial charge in [-0.25, -0.2) is 4.79 Å². The maximum atomic E-state index is 11.1. The lowest BCUT2D eigenvalue weighted by molar-refractivity contribution is 0.0662. The molecule has 1 aromatic carbocycles. The lowest BCUT2D eigenvalue weighted by atomic mass is 9.86. The molecule has 3 heteroatoms. The molecule has 0 aliphatic heterocycles. The fraction of sp³-hybridized carbons (Fsp3) is 0.417. The van der Waals surface area contributed by atoms with Crippen molar-refractivity contribution >= 4 is 5.97 Å². The first-order valence-corrected chi connectivity index (χ1v) is 5.12. The van der Waals surface area contributed by atoms with E-state index in [1.807, 2.05) is 6.07 Å². The zero-order chi connectivity index (χ0) is 10.8. The smallest absolute Gasteiger partial charge is 0.336 e. The second kappa shape index (κ2) is 4.03. The topological polar surface area (TPSA) is 46.5 Å². The Morgan fingerprint density at radius 3 is 3.00 bits per heavy atom. The van der Waals surface area contributed by atoms with E-state index in [1.54, 1.807) is 19.2 Å². The summed E-state index contributed by atoms with van der Waals surface area (Å²) in [5.41, 5.74) is 2.38. The maximum absolute atomic E-state index is 11.1. The monoisotopic (exact) mass is 206 g/mol. The number of fused-ring (bicyclic) bond motifs is 1. The molecule has 0 amide bonds. The van der Waals surface area contributed by atoms with Crippen LogP contribution in [0.4, 0.5) is 0 Å². The van der Waals surface area contributed by atoms with Crippen molar-refractivity contribution in [2.75, 3.05) is 7.11 Å². The van der Waals surface area contributed by atoms with Crippen LogP contribution in [0.25, 0.3) is 0 Å². The van der Waals surface area contributed by atoms with Gasteiger partial charge in [0.05, 0.1) is 11.7 Å². The Balaban J connectivity index is 2.54. The number of aryl methyl sites for hydroxylation is 1. The predicted octanol–water partition coefficient (Wildman–Crippen LogP) is 2.41. The minimum atomic E-state index is -0.865. The van der Waals surface area contributed by atoms with Crippen molar-refractivity contribution in [1.82, 2.24) is 0 Å². The standard InChI is InChI=1S/C12H14O3/c1-15-10-7-3-5-8-4-2-6-9(11(8)10)12(13)14/h2,4,6,10H,3,5,7H2,1H3,(H,13,14). The SMILES string of the molecule is COC1CCCc2cccc(C(=O)O)c21. The van der Waals surface area contributed by atoms with E-state index in [0.717, 1.165) is 30.4 Å². The zero-order valence-electron chi connectivity index (χ0n) is 8.69. The Bertz CT molecular complexity index is 384. The van der Waals surface area contributed by atoms with Crippen LogP contribution in [-0.2, 0) is 11.2 Å². The van der Waals surface area contributed by atoms with Crippen molar-refractivity contribution in [3.63, 3.8) is 0 Å². The molecule has 0 radical (unpaired) electrons. The summed E-state index contributed by atoms with van der Waals surface area (Å²) >= 11 is 0. The maximum Gasteiger partial charge on any atom is 0.336 e. The summed E-state index contributed by atoms with van der Waals surface area (Å²) in [7, 11) is 1.64. The molecule has 0 heterocycles. The van der Waals surface area contributed by atoms with E-state index < -0.39 is 5.97 Å². The van der Waals surface area contributed by atoms with Gasteiger partial charge in [0.2, 0.25) is 0 Å². The largest absolute Gasteiger partial charge is 0.478 e. The number of hydrogen-bond acceptors (Lipinski definition) is 2. The predicted molar refractivity (Wildman–Crippen MR) is 56.1 cm³/mol. The van der Waals surface area contributed by atoms with Gasteiger partial charge in [0.15, 0.2) is 0 Å². The van der Waals surface area contributed by atoms with E-state index in [2.05, 4.69) is 0 Å². The van der Waals surface area contributed by atoms with Crippen molar-refractivity contribution in [3.05, 3.63) is 34.9 Å². The van der Waals surface area contributed by atoms with Crippen LogP contribution < -0.4 is 0 Å². The first-order valence-electron chi connectivity index (χ1n) is 5.12. The van der Waals surface area contributed by atoms with Gasteiger partial charge in [0, 0.05) is 7.11 Å². The highest BCUT2D eigenvalue weighted by molar-refractivity contribution is 5.90. The molecule has 3 nitrogen and oxygen atoms in total. The second-order valence-electron chi connectivity index (χ2n) is 3.80. The molecule has 1 N–H and O–H groups in total. The number of benzene rings is 1. The molecular weight excluding hydrogens is 192 g/mol. The number of hydrogen-bond donors (Lipinski definition) is 1. The highest BCUT2D eigenvalue weighted by atomic mass is 16.5. The number of aromatic carboxylic acids is 1. The van der Waals surface area contributed by atoms with Gasteiger partial charge >= 0.3 is 5.97 Å². The van der Waals surface area contributed by atoms with Crippen LogP contribution >= 0.6 is 0 Å². The van der Waals surface area contributed by atoms with Crippen LogP contribution in [0.1, 0.15) is 40.4 Å². The van der Waals surface area contributed by atoms with Crippen molar-refractivity contribution < 1.29 is 14.6 Å². The minimum Gasteiger partial charge on any atom is -0.478 e. The summed E-state index contributed by atoms with van der Waals surface area (Å²) in [5.74, 6) is -0.865. The average Bonchev–Trinajstić information content (AvgIpc) is 2.27. The van der Waals surface area contributed by atoms with Gasteiger partial charge in [-0.1, -0.05) is 12.1 Å². The molecule has 0 saturated carbocycles. The average molecular weight is 206 g/mol. The Labute approximate surface area is 88.7 Å². The molecule has 1 aromatic rings. The van der Waals surface area contributed by atoms with Gasteiger partial charge < -0.3 is 9.84 Å². The summed E-state index contributed by atoms with van der Waals surface area (Å²) in [4.78, 5) is 11.1. The fourth-order valence-corrected chi connectivity index (χ4v) is 2.26. The Morgan fingerprint density at radius 2 is 2.33 bits per heavy atom. The molecule has 80 valence electrons. The van der Waals surface area contributed by atoms with Gasteiger partial charge in [0.1, 0.15) is 0 Å². The van der Waals surface area contributed by atoms with Crippen LogP contribution in [-0.4, -0.2) is 18.2 Å². The second-order valence-corrected chi connectivity index (χ2v) is 3.80. The molecule has 1 aliphatic rings. The van der Waals surface area contributed by atoms with Crippen LogP contribution in [0.15, 0.2) is 18.2 Å². The molecular formula is C12H14O3. The van der Waals surface area contributed by atoms with E-state index in [0.29, 0.717) is 5.56 Å². The third kappa shape index (κ3) is 1.75. The van der Waals surface area contributed by atoms with Gasteiger partial charge in [-0.3, -0.25) is 0 Å². The lowest BCUT2D eigenvalue weighted by Gasteiger charge is -2.25. The minimum absolute atomic E-state index is 0.0546. The molecule has 15 heavy (non-hydrogen) atoms. The first kappa shape index (κ1) is 10.2. The van der Waals surface area contributed by atoms with E-state index >= 15 is 0 Å². The van der Waals surface area contributed by atoms with Gasteiger partial charge in [-0.05, 0) is 36.5 Å². The van der Waals surface area contributed by atoms with Crippen molar-refractivity contribution in [1.29, 1.82) is 0 Å². The summed E-state index contributed by atoms with van der Waals surface area (Å²) in [6.07, 6.45) is 2.87. The third-order valence-corrected chi connectivity index (χ3v) is 2.95. The van der Waals surface area contributed by atoms with E-state index in [-0.39, 0.29) is 6.10 Å². The molecule has 1 unspecified atom stereocenters. The van der Waals surface area contributed by atoms with Gasteiger partial charge in [0.25, 0.3) is 0 Å². The number of ether oxygens (including phenoxy) is 1. The van der Waals surface area contributed by atoms with Crippen LogP contribution in [0.2, 0.25) is 0 Å². The number of rotatable bonds is 2. The van der Waals surface area contributed by atoms with Crippen LogP contribution in [0.5, 0.6) is 0 Å². The van der Waals surface area contributed by atoms with Crippen LogP contribution in [0.3, 0.4) is 0 Å². The quantitative estimate of drug-likeness (QED) is 0.808. The first-order chi connectivity index (χ1) is 7.24. The molecule has 0 bridgehead atoms. The molecule has 0 fully saturated rings. The Morgan fingerprint density at radius 1 is 1.53 bits per heavy atom. The fourth-order valence-electron chi connectivity index (χ4n) is 2.26. The number of methoxy groups -OCH3 is 1. The third-order valence-electron chi connectivity index (χ3n) is 2.95. The van der Waals surface area contributed by atoms with Gasteiger partial charge in [-0.15, -0.1) is 0 Å². The molecule has 1 aliphatic carbocycles. The van der Waals surface area contributed by atoms with Gasteiger partial charge in [-0.2, -0.15) is 0 Å². The molecule has 0 spiro atoms. The molecule has 0 saturated heterocycles. The highest BCUT2D eigenvalue weighted by Crippen LogP contribution is 2.34. The van der Waals surface area contributed by atoms with Crippen molar-refractivity contribution in [3.8, 4) is 0 Å². The van der Waals surface area contributed by atoms with Crippen molar-refractivity contribution in [2.24, 2.45) is 0 Å². The normalized spacial score (nSPS) is 19.7. The molecule has 1 atom stereocenters. The number of carboxylic acids is 1. The lowest BCUT2D eigenvalue weighted by Crippen LogP contribution is -2.16. The summed E-state index contributed by atoms with van der Waals surface area (Å²) in [5, 5.41) is 9.10. The zero-order valence-corrected chi connectivity index (χ0v) is 8.69. The summed E-state index contributed by atoms with van der Waals surface area (Å²) in [6.45, 7) is 0. The van der Waals surface area contributed by atoms with E-state index in [9.17, 15) is 4.79 Å². The number of carboxylic acid groups (broad SMARTS) is 1. The molecule has 2 rings (SSSR count).